The lowest BCUT2D eigenvalue weighted by Crippen LogP contribution is -2.25. The molecule has 0 saturated carbocycles. The van der Waals surface area contributed by atoms with Crippen molar-refractivity contribution in [2.45, 2.75) is 12.0 Å². The van der Waals surface area contributed by atoms with Crippen LogP contribution >= 0.6 is 11.6 Å². The molecule has 0 aliphatic carbocycles. The van der Waals surface area contributed by atoms with Gasteiger partial charge in [-0.05, 0) is 17.7 Å². The van der Waals surface area contributed by atoms with Crippen molar-refractivity contribution in [3.63, 3.8) is 0 Å². The monoisotopic (exact) mass is 228 g/mol. The lowest BCUT2D eigenvalue weighted by atomic mass is 9.93. The van der Waals surface area contributed by atoms with Gasteiger partial charge in [-0.25, -0.2) is 0 Å². The van der Waals surface area contributed by atoms with Gasteiger partial charge in [0.25, 0.3) is 0 Å². The minimum absolute atomic E-state index is 0.331. The maximum absolute atomic E-state index is 10.2. The molecule has 0 radical (unpaired) electrons. The zero-order valence-corrected chi connectivity index (χ0v) is 9.25. The van der Waals surface area contributed by atoms with Crippen molar-refractivity contribution in [2.75, 3.05) is 20.3 Å². The van der Waals surface area contributed by atoms with Crippen LogP contribution in [0.15, 0.2) is 18.2 Å². The van der Waals surface area contributed by atoms with Gasteiger partial charge in [0.2, 0.25) is 0 Å². The Kier molecular flexibility index (Phi) is 2.87. The summed E-state index contributed by atoms with van der Waals surface area (Å²) in [6.07, 6.45) is 0.609. The van der Waals surface area contributed by atoms with E-state index in [9.17, 15) is 5.11 Å². The van der Waals surface area contributed by atoms with E-state index in [4.69, 9.17) is 21.1 Å². The van der Waals surface area contributed by atoms with Gasteiger partial charge in [-0.3, -0.25) is 0 Å². The summed E-state index contributed by atoms with van der Waals surface area (Å²) in [7, 11) is 1.56. The van der Waals surface area contributed by atoms with Gasteiger partial charge in [-0.2, -0.15) is 0 Å². The number of ether oxygens (including phenoxy) is 2. The topological polar surface area (TPSA) is 38.7 Å². The lowest BCUT2D eigenvalue weighted by molar-refractivity contribution is 0.0230. The number of halogens is 1. The molecule has 1 saturated heterocycles. The molecule has 1 aliphatic heterocycles. The molecule has 1 atom stereocenters. The van der Waals surface area contributed by atoms with E-state index in [-0.39, 0.29) is 0 Å². The fourth-order valence-corrected chi connectivity index (χ4v) is 1.93. The van der Waals surface area contributed by atoms with Gasteiger partial charge in [-0.1, -0.05) is 17.7 Å². The predicted octanol–water partition coefficient (Wildman–Crippen LogP) is 1.96. The standard InChI is InChI=1S/C11H13ClO3/c1-14-10-6-8(2-3-9(10)12)11(13)4-5-15-7-11/h2-3,6,13H,4-5,7H2,1H3. The van der Waals surface area contributed by atoms with Gasteiger partial charge in [0, 0.05) is 13.0 Å². The summed E-state index contributed by atoms with van der Waals surface area (Å²) in [6.45, 7) is 0.916. The summed E-state index contributed by atoms with van der Waals surface area (Å²) in [5.41, 5.74) is -0.0982. The minimum atomic E-state index is -0.891. The zero-order valence-electron chi connectivity index (χ0n) is 8.50. The average Bonchev–Trinajstić information content (AvgIpc) is 2.67. The van der Waals surface area contributed by atoms with Crippen molar-refractivity contribution in [2.24, 2.45) is 0 Å². The number of benzene rings is 1. The third kappa shape index (κ3) is 1.95. The van der Waals surface area contributed by atoms with Crippen LogP contribution < -0.4 is 4.74 Å². The molecule has 1 aliphatic rings. The minimum Gasteiger partial charge on any atom is -0.495 e. The zero-order chi connectivity index (χ0) is 10.9. The number of hydrogen-bond donors (Lipinski definition) is 1. The molecule has 2 rings (SSSR count). The number of hydrogen-bond acceptors (Lipinski definition) is 3. The Morgan fingerprint density at radius 1 is 1.53 bits per heavy atom. The van der Waals surface area contributed by atoms with Crippen molar-refractivity contribution < 1.29 is 14.6 Å². The highest BCUT2D eigenvalue weighted by Gasteiger charge is 2.34. The van der Waals surface area contributed by atoms with Crippen LogP contribution in [0.1, 0.15) is 12.0 Å². The first-order valence-corrected chi connectivity index (χ1v) is 5.18. The molecule has 1 unspecified atom stereocenters. The largest absolute Gasteiger partial charge is 0.495 e. The average molecular weight is 229 g/mol. The highest BCUT2D eigenvalue weighted by atomic mass is 35.5. The first-order chi connectivity index (χ1) is 7.15. The van der Waals surface area contributed by atoms with E-state index < -0.39 is 5.60 Å². The van der Waals surface area contributed by atoms with Crippen molar-refractivity contribution in [3.8, 4) is 5.75 Å². The first-order valence-electron chi connectivity index (χ1n) is 4.80. The SMILES string of the molecule is COc1cc(C2(O)CCOC2)ccc1Cl. The van der Waals surface area contributed by atoms with Gasteiger partial charge < -0.3 is 14.6 Å². The highest BCUT2D eigenvalue weighted by molar-refractivity contribution is 6.32. The summed E-state index contributed by atoms with van der Waals surface area (Å²) in [4.78, 5) is 0. The van der Waals surface area contributed by atoms with Gasteiger partial charge in [0.15, 0.2) is 0 Å². The molecule has 0 spiro atoms. The van der Waals surface area contributed by atoms with E-state index in [1.54, 1.807) is 25.3 Å². The molecule has 0 amide bonds. The maximum Gasteiger partial charge on any atom is 0.137 e. The predicted molar refractivity (Wildman–Crippen MR) is 57.3 cm³/mol. The molecule has 1 N–H and O–H groups in total. The molecule has 4 heteroatoms. The van der Waals surface area contributed by atoms with E-state index in [0.717, 1.165) is 5.56 Å². The number of methoxy groups -OCH3 is 1. The van der Waals surface area contributed by atoms with Crippen molar-refractivity contribution >= 4 is 11.6 Å². The summed E-state index contributed by atoms with van der Waals surface area (Å²) in [5, 5.41) is 10.8. The molecule has 1 heterocycles. The molecule has 1 aromatic rings. The summed E-state index contributed by atoms with van der Waals surface area (Å²) >= 11 is 5.91. The van der Waals surface area contributed by atoms with E-state index in [2.05, 4.69) is 0 Å². The second-order valence-corrected chi connectivity index (χ2v) is 4.09. The van der Waals surface area contributed by atoms with Crippen LogP contribution in [0, 0.1) is 0 Å². The van der Waals surface area contributed by atoms with Crippen LogP contribution in [0.25, 0.3) is 0 Å². The van der Waals surface area contributed by atoms with E-state index in [1.807, 2.05) is 0 Å². The molecular weight excluding hydrogens is 216 g/mol. The van der Waals surface area contributed by atoms with Gasteiger partial charge in [0.05, 0.1) is 18.7 Å². The second kappa shape index (κ2) is 4.00. The molecule has 1 fully saturated rings. The summed E-state index contributed by atoms with van der Waals surface area (Å²) in [6, 6.07) is 5.29. The Hall–Kier alpha value is -0.770. The molecule has 0 bridgehead atoms. The smallest absolute Gasteiger partial charge is 0.137 e. The third-order valence-electron chi connectivity index (χ3n) is 2.69. The van der Waals surface area contributed by atoms with Gasteiger partial charge in [0.1, 0.15) is 11.4 Å². The van der Waals surface area contributed by atoms with Gasteiger partial charge in [-0.15, -0.1) is 0 Å². The summed E-state index contributed by atoms with van der Waals surface area (Å²) < 4.78 is 10.3. The number of rotatable bonds is 2. The fraction of sp³-hybridized carbons (Fsp3) is 0.455. The molecule has 1 aromatic carbocycles. The van der Waals surface area contributed by atoms with Crippen LogP contribution in [-0.4, -0.2) is 25.4 Å². The molecule has 0 aromatic heterocycles. The second-order valence-electron chi connectivity index (χ2n) is 3.68. The summed E-state index contributed by atoms with van der Waals surface area (Å²) in [5.74, 6) is 0.578. The Bertz CT molecular complexity index is 359. The highest BCUT2D eigenvalue weighted by Crippen LogP contribution is 2.34. The third-order valence-corrected chi connectivity index (χ3v) is 3.00. The molecule has 82 valence electrons. The van der Waals surface area contributed by atoms with Crippen molar-refractivity contribution in [1.82, 2.24) is 0 Å². The molecule has 15 heavy (non-hydrogen) atoms. The van der Waals surface area contributed by atoms with Crippen LogP contribution in [0.2, 0.25) is 5.02 Å². The van der Waals surface area contributed by atoms with Crippen LogP contribution in [0.5, 0.6) is 5.75 Å². The van der Waals surface area contributed by atoms with Crippen molar-refractivity contribution in [1.29, 1.82) is 0 Å². The Morgan fingerprint density at radius 3 is 2.93 bits per heavy atom. The quantitative estimate of drug-likeness (QED) is 0.841. The molecule has 3 nitrogen and oxygen atoms in total. The van der Waals surface area contributed by atoms with Crippen LogP contribution in [0.4, 0.5) is 0 Å². The van der Waals surface area contributed by atoms with Gasteiger partial charge >= 0.3 is 0 Å². The van der Waals surface area contributed by atoms with E-state index >= 15 is 0 Å². The number of aliphatic hydroxyl groups is 1. The van der Waals surface area contributed by atoms with Crippen molar-refractivity contribution in [3.05, 3.63) is 28.8 Å². The Balaban J connectivity index is 2.36. The van der Waals surface area contributed by atoms with Crippen LogP contribution in [-0.2, 0) is 10.3 Å². The lowest BCUT2D eigenvalue weighted by Gasteiger charge is -2.21. The Morgan fingerprint density at radius 2 is 2.33 bits per heavy atom. The van der Waals surface area contributed by atoms with E-state index in [0.29, 0.717) is 30.4 Å². The molecular formula is C11H13ClO3. The normalized spacial score (nSPS) is 25.5. The first kappa shape index (κ1) is 10.7. The maximum atomic E-state index is 10.2. The van der Waals surface area contributed by atoms with E-state index in [1.165, 1.54) is 0 Å². The fourth-order valence-electron chi connectivity index (χ4n) is 1.73. The Labute approximate surface area is 93.6 Å². The van der Waals surface area contributed by atoms with Crippen LogP contribution in [0.3, 0.4) is 0 Å².